The minimum absolute atomic E-state index is 0.199. The first-order chi connectivity index (χ1) is 17.9. The third kappa shape index (κ3) is 5.32. The maximum Gasteiger partial charge on any atom is 0.338 e. The highest BCUT2D eigenvalue weighted by Crippen LogP contribution is 2.37. The Kier molecular flexibility index (Phi) is 8.13. The molecular formula is C28H30N2O6S. The summed E-state index contributed by atoms with van der Waals surface area (Å²) in [5, 5.41) is 0. The molecule has 2 aromatic carbocycles. The van der Waals surface area contributed by atoms with Crippen LogP contribution >= 0.6 is 11.3 Å². The van der Waals surface area contributed by atoms with Gasteiger partial charge in [-0.25, -0.2) is 9.79 Å². The molecule has 0 fully saturated rings. The molecule has 0 bridgehead atoms. The zero-order chi connectivity index (χ0) is 26.5. The van der Waals surface area contributed by atoms with Crippen molar-refractivity contribution in [3.63, 3.8) is 0 Å². The number of rotatable bonds is 9. The number of hydrogen-bond acceptors (Lipinski definition) is 8. The molecule has 0 saturated carbocycles. The fourth-order valence-electron chi connectivity index (χ4n) is 4.16. The zero-order valence-electron chi connectivity index (χ0n) is 21.6. The molecule has 8 nitrogen and oxygen atoms in total. The molecule has 0 spiro atoms. The van der Waals surface area contributed by atoms with Gasteiger partial charge in [0.15, 0.2) is 4.80 Å². The summed E-state index contributed by atoms with van der Waals surface area (Å²) in [6.45, 7) is 6.39. The van der Waals surface area contributed by atoms with E-state index in [0.717, 1.165) is 17.7 Å². The van der Waals surface area contributed by atoms with E-state index in [1.807, 2.05) is 30.3 Å². The van der Waals surface area contributed by atoms with Crippen LogP contribution < -0.4 is 29.1 Å². The fraction of sp³-hybridized carbons (Fsp3) is 0.321. The molecule has 0 saturated heterocycles. The molecule has 9 heteroatoms. The van der Waals surface area contributed by atoms with Gasteiger partial charge in [-0.2, -0.15) is 0 Å². The minimum atomic E-state index is -0.775. The van der Waals surface area contributed by atoms with E-state index in [9.17, 15) is 9.59 Å². The summed E-state index contributed by atoms with van der Waals surface area (Å²) < 4.78 is 24.0. The summed E-state index contributed by atoms with van der Waals surface area (Å²) >= 11 is 1.27. The predicted octanol–water partition coefficient (Wildman–Crippen LogP) is 3.60. The molecule has 194 valence electrons. The van der Waals surface area contributed by atoms with Crippen LogP contribution in [0.25, 0.3) is 6.08 Å². The number of esters is 1. The molecule has 0 radical (unpaired) electrons. The second kappa shape index (κ2) is 11.5. The van der Waals surface area contributed by atoms with Crippen molar-refractivity contribution in [3.8, 4) is 17.2 Å². The number of hydrogen-bond donors (Lipinski definition) is 0. The Labute approximate surface area is 219 Å². The number of allylic oxidation sites excluding steroid dienone is 1. The van der Waals surface area contributed by atoms with E-state index in [4.69, 9.17) is 18.9 Å². The quantitative estimate of drug-likeness (QED) is 0.399. The molecule has 0 aliphatic carbocycles. The number of methoxy groups -OCH3 is 2. The van der Waals surface area contributed by atoms with Crippen LogP contribution in [-0.2, 0) is 9.53 Å². The molecule has 3 aromatic rings. The van der Waals surface area contributed by atoms with E-state index in [-0.39, 0.29) is 12.2 Å². The van der Waals surface area contributed by atoms with Crippen LogP contribution in [0.4, 0.5) is 0 Å². The van der Waals surface area contributed by atoms with E-state index >= 15 is 0 Å². The van der Waals surface area contributed by atoms with Gasteiger partial charge in [-0.1, -0.05) is 30.4 Å². The third-order valence-corrected chi connectivity index (χ3v) is 6.89. The number of benzene rings is 2. The standard InChI is InChI=1S/C28H30N2O6S/c1-6-14-36-19-10-8-18(9-11-19)15-23-26(31)30-25(21-13-12-20(33-4)16-22(21)34-5)24(27(32)35-7-2)17(3)29-28(30)37-23/h8-13,15-16,25H,6-7,14H2,1-5H3/b23-15-/t25-/m0/s1. The van der Waals surface area contributed by atoms with Crippen LogP contribution in [-0.4, -0.2) is 38.0 Å². The molecular weight excluding hydrogens is 492 g/mol. The normalized spacial score (nSPS) is 15.2. The number of ether oxygens (including phenoxy) is 4. The van der Waals surface area contributed by atoms with Crippen LogP contribution in [0.1, 0.15) is 44.4 Å². The number of fused-ring (bicyclic) bond motifs is 1. The Morgan fingerprint density at radius 3 is 2.46 bits per heavy atom. The van der Waals surface area contributed by atoms with Gasteiger partial charge in [0.25, 0.3) is 5.56 Å². The Balaban J connectivity index is 1.89. The Morgan fingerprint density at radius 1 is 1.08 bits per heavy atom. The lowest BCUT2D eigenvalue weighted by Crippen LogP contribution is -2.40. The van der Waals surface area contributed by atoms with E-state index in [2.05, 4.69) is 11.9 Å². The third-order valence-electron chi connectivity index (χ3n) is 5.90. The van der Waals surface area contributed by atoms with Crippen LogP contribution in [0, 0.1) is 0 Å². The van der Waals surface area contributed by atoms with Gasteiger partial charge in [0.1, 0.15) is 23.3 Å². The van der Waals surface area contributed by atoms with Crippen LogP contribution in [0.15, 0.2) is 63.5 Å². The average Bonchev–Trinajstić information content (AvgIpc) is 3.21. The molecule has 37 heavy (non-hydrogen) atoms. The van der Waals surface area contributed by atoms with Crippen molar-refractivity contribution in [1.82, 2.24) is 4.57 Å². The highest BCUT2D eigenvalue weighted by atomic mass is 32.1. The highest BCUT2D eigenvalue weighted by molar-refractivity contribution is 7.07. The molecule has 0 N–H and O–H groups in total. The molecule has 1 atom stereocenters. The fourth-order valence-corrected chi connectivity index (χ4v) is 5.21. The second-order valence-electron chi connectivity index (χ2n) is 8.33. The van der Waals surface area contributed by atoms with E-state index in [1.54, 1.807) is 43.7 Å². The van der Waals surface area contributed by atoms with Gasteiger partial charge in [0.2, 0.25) is 0 Å². The molecule has 4 rings (SSSR count). The van der Waals surface area contributed by atoms with Crippen molar-refractivity contribution in [2.75, 3.05) is 27.4 Å². The zero-order valence-corrected chi connectivity index (χ0v) is 22.4. The minimum Gasteiger partial charge on any atom is -0.497 e. The number of thiazole rings is 1. The Hall–Kier alpha value is -3.85. The molecule has 2 heterocycles. The summed E-state index contributed by atoms with van der Waals surface area (Å²) in [5.41, 5.74) is 2.01. The topological polar surface area (TPSA) is 88.3 Å². The van der Waals surface area contributed by atoms with E-state index in [0.29, 0.717) is 44.3 Å². The summed E-state index contributed by atoms with van der Waals surface area (Å²) in [4.78, 5) is 32.0. The predicted molar refractivity (Wildman–Crippen MR) is 142 cm³/mol. The van der Waals surface area contributed by atoms with Crippen molar-refractivity contribution in [2.45, 2.75) is 33.2 Å². The SMILES string of the molecule is CCCOc1ccc(/C=c2\sc3n(c2=O)[C@@H](c2ccc(OC)cc2OC)C(C(=O)OCC)=C(C)N=3)cc1. The molecule has 0 amide bonds. The maximum atomic E-state index is 13.8. The van der Waals surface area contributed by atoms with Crippen molar-refractivity contribution in [1.29, 1.82) is 0 Å². The number of carbonyl (C=O) groups is 1. The lowest BCUT2D eigenvalue weighted by molar-refractivity contribution is -0.139. The summed E-state index contributed by atoms with van der Waals surface area (Å²) in [6, 6.07) is 12.1. The van der Waals surface area contributed by atoms with Gasteiger partial charge in [-0.15, -0.1) is 0 Å². The monoisotopic (exact) mass is 522 g/mol. The van der Waals surface area contributed by atoms with Gasteiger partial charge >= 0.3 is 5.97 Å². The summed E-state index contributed by atoms with van der Waals surface area (Å²) in [5.74, 6) is 1.33. The first-order valence-corrected chi connectivity index (χ1v) is 12.9. The van der Waals surface area contributed by atoms with Crippen molar-refractivity contribution in [3.05, 3.63) is 84.5 Å². The number of carbonyl (C=O) groups excluding carboxylic acids is 1. The molecule has 0 unspecified atom stereocenters. The molecule has 1 aliphatic heterocycles. The lowest BCUT2D eigenvalue weighted by Gasteiger charge is -2.26. The molecule has 1 aromatic heterocycles. The number of aromatic nitrogens is 1. The summed E-state index contributed by atoms with van der Waals surface area (Å²) in [7, 11) is 3.10. The van der Waals surface area contributed by atoms with Crippen LogP contribution in [0.3, 0.4) is 0 Å². The Bertz CT molecular complexity index is 1500. The maximum absolute atomic E-state index is 13.8. The highest BCUT2D eigenvalue weighted by Gasteiger charge is 2.35. The van der Waals surface area contributed by atoms with Gasteiger partial charge in [0.05, 0.1) is 43.2 Å². The second-order valence-corrected chi connectivity index (χ2v) is 9.34. The Morgan fingerprint density at radius 2 is 1.81 bits per heavy atom. The van der Waals surface area contributed by atoms with Crippen molar-refractivity contribution in [2.24, 2.45) is 4.99 Å². The first kappa shape index (κ1) is 26.2. The van der Waals surface area contributed by atoms with Gasteiger partial charge < -0.3 is 18.9 Å². The van der Waals surface area contributed by atoms with E-state index in [1.165, 1.54) is 18.4 Å². The lowest BCUT2D eigenvalue weighted by atomic mass is 9.95. The summed E-state index contributed by atoms with van der Waals surface area (Å²) in [6.07, 6.45) is 2.75. The largest absolute Gasteiger partial charge is 0.497 e. The van der Waals surface area contributed by atoms with Crippen LogP contribution in [0.5, 0.6) is 17.2 Å². The van der Waals surface area contributed by atoms with Gasteiger partial charge in [0, 0.05) is 11.6 Å². The molecule has 1 aliphatic rings. The number of nitrogens with zero attached hydrogens (tertiary/aromatic N) is 2. The van der Waals surface area contributed by atoms with Gasteiger partial charge in [-0.3, -0.25) is 9.36 Å². The van der Waals surface area contributed by atoms with Crippen molar-refractivity contribution < 1.29 is 23.7 Å². The van der Waals surface area contributed by atoms with Gasteiger partial charge in [-0.05, 0) is 56.2 Å². The van der Waals surface area contributed by atoms with E-state index < -0.39 is 12.0 Å². The van der Waals surface area contributed by atoms with Crippen molar-refractivity contribution >= 4 is 23.4 Å². The first-order valence-electron chi connectivity index (χ1n) is 12.1. The van der Waals surface area contributed by atoms with Crippen LogP contribution in [0.2, 0.25) is 0 Å². The smallest absolute Gasteiger partial charge is 0.338 e. The average molecular weight is 523 g/mol.